The molecule has 3 nitrogen and oxygen atoms in total. The van der Waals surface area contributed by atoms with E-state index in [0.29, 0.717) is 0 Å². The maximum Gasteiger partial charge on any atom is 0.246 e. The van der Waals surface area contributed by atoms with E-state index < -0.39 is 0 Å². The zero-order valence-electron chi connectivity index (χ0n) is 14.9. The third-order valence-corrected chi connectivity index (χ3v) is 5.39. The van der Waals surface area contributed by atoms with E-state index in [4.69, 9.17) is 0 Å². The van der Waals surface area contributed by atoms with Crippen LogP contribution in [0.15, 0.2) is 73.3 Å². The molecule has 0 spiro atoms. The summed E-state index contributed by atoms with van der Waals surface area (Å²) in [5, 5.41) is 0. The summed E-state index contributed by atoms with van der Waals surface area (Å²) in [5.41, 5.74) is 2.30. The molecular formula is C22H26N2O. The van der Waals surface area contributed by atoms with E-state index in [0.717, 1.165) is 32.5 Å². The molecule has 3 rings (SSSR count). The number of rotatable bonds is 5. The Morgan fingerprint density at radius 1 is 1.08 bits per heavy atom. The van der Waals surface area contributed by atoms with Crippen molar-refractivity contribution in [1.29, 1.82) is 0 Å². The number of amides is 1. The van der Waals surface area contributed by atoms with Crippen molar-refractivity contribution in [3.05, 3.63) is 84.4 Å². The average molecular weight is 334 g/mol. The first-order valence-corrected chi connectivity index (χ1v) is 8.88. The van der Waals surface area contributed by atoms with Crippen LogP contribution in [-0.2, 0) is 16.9 Å². The van der Waals surface area contributed by atoms with Crippen LogP contribution in [0, 0.1) is 0 Å². The second-order valence-corrected chi connectivity index (χ2v) is 6.76. The average Bonchev–Trinajstić information content (AvgIpc) is 2.69. The molecule has 3 heteroatoms. The summed E-state index contributed by atoms with van der Waals surface area (Å²) in [4.78, 5) is 16.7. The minimum Gasteiger partial charge on any atom is -0.332 e. The molecule has 130 valence electrons. The number of nitrogens with zero attached hydrogens (tertiary/aromatic N) is 2. The van der Waals surface area contributed by atoms with E-state index in [2.05, 4.69) is 66.1 Å². The lowest BCUT2D eigenvalue weighted by Crippen LogP contribution is -2.53. The van der Waals surface area contributed by atoms with Crippen molar-refractivity contribution in [3.63, 3.8) is 0 Å². The monoisotopic (exact) mass is 334 g/mol. The first kappa shape index (κ1) is 17.4. The fourth-order valence-electron chi connectivity index (χ4n) is 3.84. The highest BCUT2D eigenvalue weighted by atomic mass is 16.2. The second-order valence-electron chi connectivity index (χ2n) is 6.76. The van der Waals surface area contributed by atoms with Crippen molar-refractivity contribution < 1.29 is 4.79 Å². The SMILES string of the molecule is C=CC(=O)N(C)C1(c2ccccc2)CCN(Cc2ccccc2)CC1. The molecule has 0 unspecified atom stereocenters. The van der Waals surface area contributed by atoms with E-state index in [-0.39, 0.29) is 11.4 Å². The van der Waals surface area contributed by atoms with Gasteiger partial charge in [0.2, 0.25) is 5.91 Å². The molecule has 0 bridgehead atoms. The van der Waals surface area contributed by atoms with Crippen LogP contribution < -0.4 is 0 Å². The standard InChI is InChI=1S/C22H26N2O/c1-3-21(25)23(2)22(20-12-8-5-9-13-20)14-16-24(17-15-22)18-19-10-6-4-7-11-19/h3-13H,1,14-18H2,2H3. The van der Waals surface area contributed by atoms with Gasteiger partial charge in [-0.15, -0.1) is 0 Å². The summed E-state index contributed by atoms with van der Waals surface area (Å²) >= 11 is 0. The Bertz CT molecular complexity index is 703. The Morgan fingerprint density at radius 2 is 1.64 bits per heavy atom. The van der Waals surface area contributed by atoms with Gasteiger partial charge >= 0.3 is 0 Å². The second kappa shape index (κ2) is 7.66. The van der Waals surface area contributed by atoms with Gasteiger partial charge in [0.25, 0.3) is 0 Å². The summed E-state index contributed by atoms with van der Waals surface area (Å²) in [6.45, 7) is 6.58. The fourth-order valence-corrected chi connectivity index (χ4v) is 3.84. The summed E-state index contributed by atoms with van der Waals surface area (Å²) in [7, 11) is 1.91. The minimum atomic E-state index is -0.250. The quantitative estimate of drug-likeness (QED) is 0.776. The van der Waals surface area contributed by atoms with Gasteiger partial charge in [0.15, 0.2) is 0 Å². The van der Waals surface area contributed by atoms with Gasteiger partial charge in [-0.05, 0) is 30.0 Å². The van der Waals surface area contributed by atoms with Gasteiger partial charge in [-0.25, -0.2) is 0 Å². The smallest absolute Gasteiger partial charge is 0.246 e. The molecule has 0 aliphatic carbocycles. The predicted molar refractivity (Wildman–Crippen MR) is 102 cm³/mol. The van der Waals surface area contributed by atoms with E-state index in [1.54, 1.807) is 0 Å². The van der Waals surface area contributed by atoms with Crippen molar-refractivity contribution in [2.45, 2.75) is 24.9 Å². The molecule has 1 saturated heterocycles. The molecule has 1 fully saturated rings. The number of likely N-dealkylation sites (N-methyl/N-ethyl adjacent to an activating group) is 1. The summed E-state index contributed by atoms with van der Waals surface area (Å²) in [5.74, 6) is -0.0136. The Labute approximate surface area is 150 Å². The highest BCUT2D eigenvalue weighted by molar-refractivity contribution is 5.87. The lowest BCUT2D eigenvalue weighted by Gasteiger charge is -2.47. The number of benzene rings is 2. The molecule has 1 heterocycles. The minimum absolute atomic E-state index is 0.0136. The van der Waals surface area contributed by atoms with Gasteiger partial charge in [0.05, 0.1) is 5.54 Å². The molecule has 1 aliphatic heterocycles. The highest BCUT2D eigenvalue weighted by Gasteiger charge is 2.41. The molecule has 0 radical (unpaired) electrons. The molecular weight excluding hydrogens is 308 g/mol. The zero-order chi connectivity index (χ0) is 17.7. The first-order valence-electron chi connectivity index (χ1n) is 8.88. The van der Waals surface area contributed by atoms with Crippen LogP contribution in [0.4, 0.5) is 0 Å². The van der Waals surface area contributed by atoms with Crippen LogP contribution in [0.25, 0.3) is 0 Å². The molecule has 0 saturated carbocycles. The fraction of sp³-hybridized carbons (Fsp3) is 0.318. The van der Waals surface area contributed by atoms with Crippen LogP contribution in [0.1, 0.15) is 24.0 Å². The maximum atomic E-state index is 12.4. The van der Waals surface area contributed by atoms with Crippen molar-refractivity contribution >= 4 is 5.91 Å². The molecule has 0 aromatic heterocycles. The number of hydrogen-bond acceptors (Lipinski definition) is 2. The number of hydrogen-bond donors (Lipinski definition) is 0. The van der Waals surface area contributed by atoms with Crippen molar-refractivity contribution in [2.24, 2.45) is 0 Å². The molecule has 1 amide bonds. The number of likely N-dealkylation sites (tertiary alicyclic amines) is 1. The maximum absolute atomic E-state index is 12.4. The van der Waals surface area contributed by atoms with Gasteiger partial charge in [0, 0.05) is 26.7 Å². The van der Waals surface area contributed by atoms with Gasteiger partial charge in [-0.1, -0.05) is 67.2 Å². The van der Waals surface area contributed by atoms with Crippen molar-refractivity contribution in [1.82, 2.24) is 9.80 Å². The van der Waals surface area contributed by atoms with Crippen LogP contribution in [0.3, 0.4) is 0 Å². The van der Waals surface area contributed by atoms with E-state index in [9.17, 15) is 4.79 Å². The van der Waals surface area contributed by atoms with Crippen LogP contribution in [-0.4, -0.2) is 35.8 Å². The molecule has 2 aromatic carbocycles. The van der Waals surface area contributed by atoms with Crippen LogP contribution in [0.5, 0.6) is 0 Å². The summed E-state index contributed by atoms with van der Waals surface area (Å²) in [6, 6.07) is 21.0. The van der Waals surface area contributed by atoms with Crippen LogP contribution >= 0.6 is 0 Å². The Hall–Kier alpha value is -2.39. The third kappa shape index (κ3) is 3.67. The highest BCUT2D eigenvalue weighted by Crippen LogP contribution is 2.38. The molecule has 1 aliphatic rings. The van der Waals surface area contributed by atoms with Gasteiger partial charge in [0.1, 0.15) is 0 Å². The predicted octanol–water partition coefficient (Wildman–Crippen LogP) is 3.82. The van der Waals surface area contributed by atoms with Crippen molar-refractivity contribution in [3.8, 4) is 0 Å². The molecule has 2 aromatic rings. The van der Waals surface area contributed by atoms with Crippen molar-refractivity contribution in [2.75, 3.05) is 20.1 Å². The van der Waals surface area contributed by atoms with Gasteiger partial charge < -0.3 is 4.90 Å². The lowest BCUT2D eigenvalue weighted by molar-refractivity contribution is -0.133. The summed E-state index contributed by atoms with van der Waals surface area (Å²) < 4.78 is 0. The van der Waals surface area contributed by atoms with Gasteiger partial charge in [-0.3, -0.25) is 9.69 Å². The molecule has 0 atom stereocenters. The zero-order valence-corrected chi connectivity index (χ0v) is 14.9. The van der Waals surface area contributed by atoms with E-state index >= 15 is 0 Å². The third-order valence-electron chi connectivity index (χ3n) is 5.39. The normalized spacial score (nSPS) is 17.0. The Balaban J connectivity index is 1.79. The van der Waals surface area contributed by atoms with Crippen LogP contribution in [0.2, 0.25) is 0 Å². The molecule has 0 N–H and O–H groups in total. The van der Waals surface area contributed by atoms with E-state index in [1.807, 2.05) is 18.0 Å². The molecule has 25 heavy (non-hydrogen) atoms. The topological polar surface area (TPSA) is 23.6 Å². The number of carbonyl (C=O) groups excluding carboxylic acids is 1. The largest absolute Gasteiger partial charge is 0.332 e. The Kier molecular flexibility index (Phi) is 5.34. The first-order chi connectivity index (χ1) is 12.2. The van der Waals surface area contributed by atoms with Gasteiger partial charge in [-0.2, -0.15) is 0 Å². The Morgan fingerprint density at radius 3 is 2.20 bits per heavy atom. The number of piperidine rings is 1. The summed E-state index contributed by atoms with van der Waals surface area (Å²) in [6.07, 6.45) is 3.28. The van der Waals surface area contributed by atoms with E-state index in [1.165, 1.54) is 17.2 Å². The number of carbonyl (C=O) groups is 1. The lowest BCUT2D eigenvalue weighted by atomic mass is 9.79.